The summed E-state index contributed by atoms with van der Waals surface area (Å²) in [6, 6.07) is 15.4. The molecule has 0 atom stereocenters. The Morgan fingerprint density at radius 1 is 0.892 bits per heavy atom. The Morgan fingerprint density at radius 3 is 2.30 bits per heavy atom. The molecule has 0 bridgehead atoms. The minimum Gasteiger partial charge on any atom is -0.494 e. The number of nitrogens with zero attached hydrogens (tertiary/aromatic N) is 1. The van der Waals surface area contributed by atoms with E-state index in [0.717, 1.165) is 11.3 Å². The van der Waals surface area contributed by atoms with Crippen LogP contribution in [0.3, 0.4) is 0 Å². The number of benzene rings is 3. The maximum absolute atomic E-state index is 13.3. The molecule has 3 aromatic rings. The molecular weight excluding hydrogens is 539 g/mol. The number of halogens is 3. The third-order valence-corrected chi connectivity index (χ3v) is 6.16. The fourth-order valence-corrected chi connectivity index (χ4v) is 4.16. The van der Waals surface area contributed by atoms with Crippen molar-refractivity contribution >= 4 is 64.4 Å². The second-order valence-corrected chi connectivity index (χ2v) is 9.29. The topological polar surface area (TPSA) is 84.9 Å². The molecule has 0 aliphatic carbocycles. The number of hydrogen-bond donors (Lipinski definition) is 1. The van der Waals surface area contributed by atoms with Crippen LogP contribution in [0.5, 0.6) is 11.5 Å². The molecule has 37 heavy (non-hydrogen) atoms. The van der Waals surface area contributed by atoms with E-state index >= 15 is 0 Å². The van der Waals surface area contributed by atoms with Crippen molar-refractivity contribution in [2.24, 2.45) is 0 Å². The van der Waals surface area contributed by atoms with Gasteiger partial charge < -0.3 is 9.47 Å². The van der Waals surface area contributed by atoms with Crippen LogP contribution in [0.4, 0.5) is 10.5 Å². The van der Waals surface area contributed by atoms with E-state index < -0.39 is 17.8 Å². The van der Waals surface area contributed by atoms with Gasteiger partial charge in [-0.25, -0.2) is 9.69 Å². The number of amides is 4. The molecule has 1 N–H and O–H groups in total. The average molecular weight is 560 g/mol. The lowest BCUT2D eigenvalue weighted by molar-refractivity contribution is -0.122. The number of urea groups is 1. The predicted molar refractivity (Wildman–Crippen MR) is 143 cm³/mol. The average Bonchev–Trinajstić information content (AvgIpc) is 2.86. The summed E-state index contributed by atoms with van der Waals surface area (Å²) in [7, 11) is 0. The van der Waals surface area contributed by atoms with Gasteiger partial charge in [0.1, 0.15) is 23.7 Å². The van der Waals surface area contributed by atoms with E-state index in [1.807, 2.05) is 6.92 Å². The van der Waals surface area contributed by atoms with E-state index in [1.165, 1.54) is 6.08 Å². The largest absolute Gasteiger partial charge is 0.494 e. The maximum Gasteiger partial charge on any atom is 0.335 e. The molecule has 0 unspecified atom stereocenters. The Bertz CT molecular complexity index is 1390. The number of nitrogens with one attached hydrogen (secondary N) is 1. The van der Waals surface area contributed by atoms with Gasteiger partial charge in [-0.3, -0.25) is 14.9 Å². The molecule has 4 rings (SSSR count). The second kappa shape index (κ2) is 11.7. The summed E-state index contributed by atoms with van der Waals surface area (Å²) >= 11 is 18.4. The molecule has 1 fully saturated rings. The minimum absolute atomic E-state index is 0.102. The van der Waals surface area contributed by atoms with Gasteiger partial charge in [0.2, 0.25) is 0 Å². The first-order valence-corrected chi connectivity index (χ1v) is 12.4. The zero-order valence-corrected chi connectivity index (χ0v) is 21.9. The van der Waals surface area contributed by atoms with Gasteiger partial charge in [0, 0.05) is 26.2 Å². The molecule has 4 amide bonds. The molecule has 0 saturated carbocycles. The van der Waals surface area contributed by atoms with Crippen molar-refractivity contribution in [1.82, 2.24) is 5.32 Å². The Labute approximate surface area is 228 Å². The van der Waals surface area contributed by atoms with E-state index in [-0.39, 0.29) is 17.9 Å². The third-order valence-electron chi connectivity index (χ3n) is 5.34. The fourth-order valence-electron chi connectivity index (χ4n) is 3.52. The van der Waals surface area contributed by atoms with Crippen LogP contribution in [0, 0.1) is 0 Å². The van der Waals surface area contributed by atoms with Gasteiger partial charge in [-0.1, -0.05) is 47.8 Å². The molecular formula is C27H21Cl3N2O5. The standard InChI is InChI=1S/C27H21Cl3N2O5/c1-2-11-36-21-8-6-20(7-9-21)32-26(34)22(25(33)31-27(32)35)13-17-12-18(28)5-10-24(17)37-15-16-3-4-19(29)14-23(16)30/h3-10,12-14H,2,11,15H2,1H3,(H,31,33,35)/b22-13-. The Balaban J connectivity index is 1.62. The minimum atomic E-state index is -0.852. The number of barbiturate groups is 1. The highest BCUT2D eigenvalue weighted by atomic mass is 35.5. The summed E-state index contributed by atoms with van der Waals surface area (Å²) < 4.78 is 11.5. The van der Waals surface area contributed by atoms with Crippen molar-refractivity contribution in [2.75, 3.05) is 11.5 Å². The summed E-state index contributed by atoms with van der Waals surface area (Å²) in [5.74, 6) is -0.670. The summed E-state index contributed by atoms with van der Waals surface area (Å²) in [6.45, 7) is 2.63. The van der Waals surface area contributed by atoms with Crippen LogP contribution < -0.4 is 19.7 Å². The first kappa shape index (κ1) is 26.5. The van der Waals surface area contributed by atoms with E-state index in [0.29, 0.717) is 44.3 Å². The van der Waals surface area contributed by atoms with Crippen molar-refractivity contribution in [2.45, 2.75) is 20.0 Å². The normalized spacial score (nSPS) is 14.6. The summed E-state index contributed by atoms with van der Waals surface area (Å²) in [6.07, 6.45) is 2.17. The van der Waals surface area contributed by atoms with Gasteiger partial charge in [0.15, 0.2) is 0 Å². The lowest BCUT2D eigenvalue weighted by Gasteiger charge is -2.26. The van der Waals surface area contributed by atoms with Crippen LogP contribution in [0.2, 0.25) is 15.1 Å². The summed E-state index contributed by atoms with van der Waals surface area (Å²) in [5.41, 5.74) is 1.08. The van der Waals surface area contributed by atoms with Crippen molar-refractivity contribution in [3.8, 4) is 11.5 Å². The number of hydrogen-bond acceptors (Lipinski definition) is 5. The van der Waals surface area contributed by atoms with E-state index in [1.54, 1.807) is 60.7 Å². The van der Waals surface area contributed by atoms with Crippen molar-refractivity contribution in [1.29, 1.82) is 0 Å². The molecule has 0 spiro atoms. The Hall–Kier alpha value is -3.52. The SMILES string of the molecule is CCCOc1ccc(N2C(=O)NC(=O)/C(=C/c3cc(Cl)ccc3OCc3ccc(Cl)cc3Cl)C2=O)cc1. The molecule has 1 aliphatic heterocycles. The van der Waals surface area contributed by atoms with Gasteiger partial charge in [-0.05, 0) is 67.1 Å². The van der Waals surface area contributed by atoms with Crippen LogP contribution in [0.1, 0.15) is 24.5 Å². The Kier molecular flexibility index (Phi) is 8.38. The van der Waals surface area contributed by atoms with E-state index in [2.05, 4.69) is 5.32 Å². The molecule has 1 saturated heterocycles. The molecule has 7 nitrogen and oxygen atoms in total. The van der Waals surface area contributed by atoms with Gasteiger partial charge in [0.25, 0.3) is 11.8 Å². The number of anilines is 1. The quantitative estimate of drug-likeness (QED) is 0.246. The fraction of sp³-hybridized carbons (Fsp3) is 0.148. The van der Waals surface area contributed by atoms with Crippen LogP contribution >= 0.6 is 34.8 Å². The first-order valence-electron chi connectivity index (χ1n) is 11.3. The number of rotatable bonds is 8. The highest BCUT2D eigenvalue weighted by molar-refractivity contribution is 6.39. The number of imide groups is 2. The highest BCUT2D eigenvalue weighted by Gasteiger charge is 2.37. The predicted octanol–water partition coefficient (Wildman–Crippen LogP) is 6.68. The molecule has 190 valence electrons. The number of ether oxygens (including phenoxy) is 2. The van der Waals surface area contributed by atoms with Crippen LogP contribution in [0.15, 0.2) is 66.2 Å². The lowest BCUT2D eigenvalue weighted by Crippen LogP contribution is -2.54. The number of carbonyl (C=O) groups is 3. The van der Waals surface area contributed by atoms with Crippen molar-refractivity contribution in [3.63, 3.8) is 0 Å². The monoisotopic (exact) mass is 558 g/mol. The van der Waals surface area contributed by atoms with Gasteiger partial charge >= 0.3 is 6.03 Å². The second-order valence-electron chi connectivity index (χ2n) is 8.01. The highest BCUT2D eigenvalue weighted by Crippen LogP contribution is 2.30. The lowest BCUT2D eigenvalue weighted by atomic mass is 10.1. The summed E-state index contributed by atoms with van der Waals surface area (Å²) in [5, 5.41) is 3.50. The zero-order valence-electron chi connectivity index (χ0n) is 19.6. The van der Waals surface area contributed by atoms with E-state index in [4.69, 9.17) is 44.3 Å². The zero-order chi connectivity index (χ0) is 26.5. The van der Waals surface area contributed by atoms with Crippen LogP contribution in [-0.2, 0) is 16.2 Å². The van der Waals surface area contributed by atoms with Crippen LogP contribution in [0.25, 0.3) is 6.08 Å². The third kappa shape index (κ3) is 6.25. The Morgan fingerprint density at radius 2 is 1.59 bits per heavy atom. The molecule has 0 radical (unpaired) electrons. The molecule has 1 aliphatic rings. The molecule has 3 aromatic carbocycles. The molecule has 10 heteroatoms. The van der Waals surface area contributed by atoms with Crippen LogP contribution in [-0.4, -0.2) is 24.5 Å². The molecule has 1 heterocycles. The van der Waals surface area contributed by atoms with E-state index in [9.17, 15) is 14.4 Å². The van der Waals surface area contributed by atoms with Gasteiger partial charge in [0.05, 0.1) is 12.3 Å². The van der Waals surface area contributed by atoms with Gasteiger partial charge in [-0.15, -0.1) is 0 Å². The number of carbonyl (C=O) groups excluding carboxylic acids is 3. The molecule has 0 aromatic heterocycles. The first-order chi connectivity index (χ1) is 17.8. The smallest absolute Gasteiger partial charge is 0.335 e. The summed E-state index contributed by atoms with van der Waals surface area (Å²) in [4.78, 5) is 39.4. The van der Waals surface area contributed by atoms with Crippen molar-refractivity contribution in [3.05, 3.63) is 92.4 Å². The van der Waals surface area contributed by atoms with Gasteiger partial charge in [-0.2, -0.15) is 0 Å². The van der Waals surface area contributed by atoms with Crippen molar-refractivity contribution < 1.29 is 23.9 Å². The maximum atomic E-state index is 13.3.